The van der Waals surface area contributed by atoms with Crippen LogP contribution in [0.1, 0.15) is 26.3 Å². The lowest BCUT2D eigenvalue weighted by Crippen LogP contribution is -2.41. The van der Waals surface area contributed by atoms with Gasteiger partial charge in [-0.25, -0.2) is 0 Å². The number of nitrogens with one attached hydrogen (secondary N) is 1. The third-order valence-corrected chi connectivity index (χ3v) is 4.77. The van der Waals surface area contributed by atoms with E-state index >= 15 is 0 Å². The molecule has 2 amide bonds. The number of likely N-dealkylation sites (tertiary alicyclic amines) is 1. The maximum atomic E-state index is 12.6. The first kappa shape index (κ1) is 18.3. The van der Waals surface area contributed by atoms with Gasteiger partial charge in [-0.2, -0.15) is 0 Å². The van der Waals surface area contributed by atoms with Crippen LogP contribution in [0.2, 0.25) is 0 Å². The number of nitrogens with zero attached hydrogens (tertiary/aromatic N) is 2. The van der Waals surface area contributed by atoms with E-state index in [0.29, 0.717) is 24.8 Å². The molecule has 1 fully saturated rings. The molecule has 1 aliphatic heterocycles. The first-order valence-corrected chi connectivity index (χ1v) is 8.59. The van der Waals surface area contributed by atoms with Gasteiger partial charge in [0.25, 0.3) is 0 Å². The third kappa shape index (κ3) is 4.49. The quantitative estimate of drug-likeness (QED) is 0.897. The number of rotatable bonds is 5. The highest BCUT2D eigenvalue weighted by atomic mass is 16.2. The summed E-state index contributed by atoms with van der Waals surface area (Å²) in [6.45, 7) is 7.16. The predicted molar refractivity (Wildman–Crippen MR) is 97.0 cm³/mol. The van der Waals surface area contributed by atoms with Crippen LogP contribution in [-0.2, 0) is 16.0 Å². The van der Waals surface area contributed by atoms with Crippen LogP contribution in [0, 0.1) is 11.8 Å². The summed E-state index contributed by atoms with van der Waals surface area (Å²) in [7, 11) is 4.00. The van der Waals surface area contributed by atoms with Crippen molar-refractivity contribution in [1.29, 1.82) is 0 Å². The van der Waals surface area contributed by atoms with Gasteiger partial charge in [0.15, 0.2) is 0 Å². The van der Waals surface area contributed by atoms with Crippen LogP contribution in [0.15, 0.2) is 24.3 Å². The van der Waals surface area contributed by atoms with Gasteiger partial charge in [-0.05, 0) is 23.6 Å². The molecule has 2 rings (SSSR count). The smallest absolute Gasteiger partial charge is 0.227 e. The van der Waals surface area contributed by atoms with Crippen LogP contribution < -0.4 is 10.2 Å². The molecule has 5 nitrogen and oxygen atoms in total. The van der Waals surface area contributed by atoms with E-state index in [-0.39, 0.29) is 17.9 Å². The molecule has 132 valence electrons. The largest absolute Gasteiger partial charge is 0.378 e. The van der Waals surface area contributed by atoms with E-state index in [0.717, 1.165) is 17.8 Å². The summed E-state index contributed by atoms with van der Waals surface area (Å²) in [6, 6.07) is 8.14. The Morgan fingerprint density at radius 1 is 1.21 bits per heavy atom. The third-order valence-electron chi connectivity index (χ3n) is 4.77. The van der Waals surface area contributed by atoms with Gasteiger partial charge < -0.3 is 15.1 Å². The Morgan fingerprint density at radius 3 is 2.33 bits per heavy atom. The van der Waals surface area contributed by atoms with Crippen LogP contribution in [0.5, 0.6) is 0 Å². The lowest BCUT2D eigenvalue weighted by Gasteiger charge is -2.21. The Morgan fingerprint density at radius 2 is 1.83 bits per heavy atom. The van der Waals surface area contributed by atoms with Crippen molar-refractivity contribution in [2.45, 2.75) is 33.2 Å². The van der Waals surface area contributed by atoms with Crippen molar-refractivity contribution in [2.24, 2.45) is 11.8 Å². The summed E-state index contributed by atoms with van der Waals surface area (Å²) in [5.74, 6) is 0.846. The van der Waals surface area contributed by atoms with Gasteiger partial charge in [-0.15, -0.1) is 0 Å². The molecule has 1 N–H and O–H groups in total. The normalized spacial score (nSPS) is 20.3. The minimum atomic E-state index is -0.0285. The van der Waals surface area contributed by atoms with E-state index in [9.17, 15) is 9.59 Å². The fraction of sp³-hybridized carbons (Fsp3) is 0.579. The van der Waals surface area contributed by atoms with Crippen molar-refractivity contribution in [2.75, 3.05) is 32.1 Å². The molecule has 0 aliphatic carbocycles. The molecule has 0 spiro atoms. The predicted octanol–water partition coefficient (Wildman–Crippen LogP) is 1.91. The molecule has 0 unspecified atom stereocenters. The van der Waals surface area contributed by atoms with Crippen molar-refractivity contribution >= 4 is 17.5 Å². The highest BCUT2D eigenvalue weighted by Crippen LogP contribution is 2.25. The summed E-state index contributed by atoms with van der Waals surface area (Å²) in [6.07, 6.45) is 0.408. The maximum absolute atomic E-state index is 12.6. The van der Waals surface area contributed by atoms with E-state index in [1.54, 1.807) is 0 Å². The van der Waals surface area contributed by atoms with Gasteiger partial charge in [0.05, 0.1) is 12.5 Å². The standard InChI is InChI=1S/C19H29N3O2/c1-13(2)17-11-22(12-18(17)20-14(3)23)19(24)10-15-6-8-16(9-7-15)21(4)5/h6-9,13,17-18H,10-12H2,1-5H3,(H,20,23)/t17-,18+/m1/s1. The number of hydrogen-bond acceptors (Lipinski definition) is 3. The molecular weight excluding hydrogens is 302 g/mol. The molecule has 1 aromatic rings. The second kappa shape index (κ2) is 7.69. The summed E-state index contributed by atoms with van der Waals surface area (Å²) in [5, 5.41) is 3.00. The SMILES string of the molecule is CC(=O)N[C@H]1CN(C(=O)Cc2ccc(N(C)C)cc2)C[C@@H]1C(C)C. The Bertz CT molecular complexity index is 581. The molecule has 0 saturated carbocycles. The van der Waals surface area contributed by atoms with Crippen molar-refractivity contribution in [3.63, 3.8) is 0 Å². The number of benzene rings is 1. The van der Waals surface area contributed by atoms with Crippen molar-refractivity contribution in [1.82, 2.24) is 10.2 Å². The van der Waals surface area contributed by atoms with Gasteiger partial charge in [0.1, 0.15) is 0 Å². The molecule has 0 bridgehead atoms. The lowest BCUT2D eigenvalue weighted by atomic mass is 9.91. The molecule has 0 aromatic heterocycles. The van der Waals surface area contributed by atoms with Crippen molar-refractivity contribution in [3.8, 4) is 0 Å². The zero-order chi connectivity index (χ0) is 17.9. The number of hydrogen-bond donors (Lipinski definition) is 1. The van der Waals surface area contributed by atoms with Crippen LogP contribution in [0.3, 0.4) is 0 Å². The summed E-state index contributed by atoms with van der Waals surface area (Å²) >= 11 is 0. The Hall–Kier alpha value is -2.04. The average Bonchev–Trinajstić information content (AvgIpc) is 2.91. The molecule has 1 heterocycles. The Labute approximate surface area is 145 Å². The molecule has 1 saturated heterocycles. The number of carbonyl (C=O) groups is 2. The van der Waals surface area contributed by atoms with Gasteiger partial charge >= 0.3 is 0 Å². The molecule has 24 heavy (non-hydrogen) atoms. The lowest BCUT2D eigenvalue weighted by molar-refractivity contribution is -0.130. The molecule has 1 aromatic carbocycles. The highest BCUT2D eigenvalue weighted by Gasteiger charge is 2.37. The highest BCUT2D eigenvalue weighted by molar-refractivity contribution is 5.79. The van der Waals surface area contributed by atoms with E-state index in [2.05, 4.69) is 19.2 Å². The fourth-order valence-electron chi connectivity index (χ4n) is 3.32. The van der Waals surface area contributed by atoms with Gasteiger partial charge in [0.2, 0.25) is 11.8 Å². The Balaban J connectivity index is 2.00. The molecule has 0 radical (unpaired) electrons. The van der Waals surface area contributed by atoms with E-state index in [4.69, 9.17) is 0 Å². The van der Waals surface area contributed by atoms with Crippen LogP contribution >= 0.6 is 0 Å². The van der Waals surface area contributed by atoms with Gasteiger partial charge in [-0.3, -0.25) is 9.59 Å². The second-order valence-corrected chi connectivity index (χ2v) is 7.25. The zero-order valence-electron chi connectivity index (χ0n) is 15.4. The topological polar surface area (TPSA) is 52.7 Å². The van der Waals surface area contributed by atoms with Crippen molar-refractivity contribution < 1.29 is 9.59 Å². The number of carbonyl (C=O) groups excluding carboxylic acids is 2. The fourth-order valence-corrected chi connectivity index (χ4v) is 3.32. The minimum absolute atomic E-state index is 0.0285. The van der Waals surface area contributed by atoms with Gasteiger partial charge in [-0.1, -0.05) is 26.0 Å². The molecule has 2 atom stereocenters. The minimum Gasteiger partial charge on any atom is -0.378 e. The van der Waals surface area contributed by atoms with Crippen LogP contribution in [-0.4, -0.2) is 49.9 Å². The van der Waals surface area contributed by atoms with Gasteiger partial charge in [0, 0.05) is 45.7 Å². The summed E-state index contributed by atoms with van der Waals surface area (Å²) in [4.78, 5) is 28.0. The zero-order valence-corrected chi connectivity index (χ0v) is 15.4. The monoisotopic (exact) mass is 331 g/mol. The van der Waals surface area contributed by atoms with Crippen molar-refractivity contribution in [3.05, 3.63) is 29.8 Å². The average molecular weight is 331 g/mol. The first-order valence-electron chi connectivity index (χ1n) is 8.59. The van der Waals surface area contributed by atoms with Crippen LogP contribution in [0.25, 0.3) is 0 Å². The molecule has 1 aliphatic rings. The van der Waals surface area contributed by atoms with E-state index in [1.165, 1.54) is 6.92 Å². The first-order chi connectivity index (χ1) is 11.3. The summed E-state index contributed by atoms with van der Waals surface area (Å²) in [5.41, 5.74) is 2.15. The number of amides is 2. The van der Waals surface area contributed by atoms with Crippen LogP contribution in [0.4, 0.5) is 5.69 Å². The maximum Gasteiger partial charge on any atom is 0.227 e. The van der Waals surface area contributed by atoms with E-state index in [1.807, 2.05) is 48.2 Å². The Kier molecular flexibility index (Phi) is 5.86. The molecular formula is C19H29N3O2. The number of anilines is 1. The second-order valence-electron chi connectivity index (χ2n) is 7.25. The molecule has 5 heteroatoms. The van der Waals surface area contributed by atoms with E-state index < -0.39 is 0 Å². The summed E-state index contributed by atoms with van der Waals surface area (Å²) < 4.78 is 0.